The smallest absolute Gasteiger partial charge is 0.254 e. The largest absolute Gasteiger partial charge is 0.398 e. The molecule has 1 heterocycles. The van der Waals surface area contributed by atoms with Crippen LogP contribution < -0.4 is 11.1 Å². The molecule has 3 rings (SSSR count). The van der Waals surface area contributed by atoms with Crippen LogP contribution >= 0.6 is 0 Å². The maximum atomic E-state index is 14.3. The van der Waals surface area contributed by atoms with Gasteiger partial charge in [-0.3, -0.25) is 9.78 Å². The molecule has 1 aromatic heterocycles. The number of benzene rings is 2. The van der Waals surface area contributed by atoms with Crippen LogP contribution in [0.3, 0.4) is 0 Å². The number of hydrogen-bond donors (Lipinski definition) is 3. The Morgan fingerprint density at radius 3 is 2.69 bits per heavy atom. The molecule has 2 aromatic carbocycles. The van der Waals surface area contributed by atoms with E-state index in [0.29, 0.717) is 5.56 Å². The lowest BCUT2D eigenvalue weighted by Crippen LogP contribution is -2.24. The molecule has 0 saturated heterocycles. The summed E-state index contributed by atoms with van der Waals surface area (Å²) >= 11 is 0. The lowest BCUT2D eigenvalue weighted by molar-refractivity contribution is 0.0947. The van der Waals surface area contributed by atoms with Crippen LogP contribution in [0.5, 0.6) is 0 Å². The van der Waals surface area contributed by atoms with Crippen LogP contribution in [0, 0.1) is 17.0 Å². The molecule has 0 atom stereocenters. The number of nitrogens with one attached hydrogen (secondary N) is 2. The second-order valence-corrected chi connectivity index (χ2v) is 6.27. The molecule has 0 aliphatic heterocycles. The number of rotatable bonds is 6. The highest BCUT2D eigenvalue weighted by atomic mass is 19.1. The minimum atomic E-state index is -0.781. The minimum absolute atomic E-state index is 0.0280. The Morgan fingerprint density at radius 2 is 1.97 bits per heavy atom. The Morgan fingerprint density at radius 1 is 1.14 bits per heavy atom. The quantitative estimate of drug-likeness (QED) is 0.438. The van der Waals surface area contributed by atoms with Crippen molar-refractivity contribution in [3.8, 4) is 0 Å². The van der Waals surface area contributed by atoms with Gasteiger partial charge < -0.3 is 16.5 Å². The van der Waals surface area contributed by atoms with Gasteiger partial charge in [-0.15, -0.1) is 0 Å². The number of nitrogen functional groups attached to an aromatic ring is 1. The fourth-order valence-corrected chi connectivity index (χ4v) is 2.66. The predicted octanol–water partition coefficient (Wildman–Crippen LogP) is 3.95. The normalized spacial score (nSPS) is 10.8. The van der Waals surface area contributed by atoms with Crippen molar-refractivity contribution in [2.45, 2.75) is 6.54 Å². The molecule has 146 valence electrons. The summed E-state index contributed by atoms with van der Waals surface area (Å²) in [6.07, 6.45) is 6.16. The van der Waals surface area contributed by atoms with Gasteiger partial charge in [0.1, 0.15) is 11.6 Å². The van der Waals surface area contributed by atoms with E-state index in [1.807, 2.05) is 0 Å². The van der Waals surface area contributed by atoms with Gasteiger partial charge in [-0.1, -0.05) is 24.3 Å². The van der Waals surface area contributed by atoms with Crippen molar-refractivity contribution in [3.63, 3.8) is 0 Å². The van der Waals surface area contributed by atoms with Crippen LogP contribution in [0.25, 0.3) is 6.08 Å². The van der Waals surface area contributed by atoms with E-state index in [9.17, 15) is 13.6 Å². The van der Waals surface area contributed by atoms with Crippen LogP contribution in [0.15, 0.2) is 67.0 Å². The Hall–Kier alpha value is -3.87. The summed E-state index contributed by atoms with van der Waals surface area (Å²) in [5, 5.41) is 10.8. The number of carbonyl (C=O) groups excluding carboxylic acids is 1. The molecule has 0 aliphatic rings. The molecular formula is C22H18F2N4O. The number of amides is 1. The third-order valence-corrected chi connectivity index (χ3v) is 4.14. The molecule has 3 aromatic rings. The summed E-state index contributed by atoms with van der Waals surface area (Å²) in [6, 6.07) is 11.6. The molecular weight excluding hydrogens is 374 g/mol. The topological polar surface area (TPSA) is 91.9 Å². The highest BCUT2D eigenvalue weighted by Crippen LogP contribution is 2.20. The van der Waals surface area contributed by atoms with E-state index in [1.54, 1.807) is 36.7 Å². The first-order valence-electron chi connectivity index (χ1n) is 8.73. The van der Waals surface area contributed by atoms with Crippen LogP contribution in [0.4, 0.5) is 14.5 Å². The van der Waals surface area contributed by atoms with Gasteiger partial charge in [0.2, 0.25) is 0 Å². The first-order valence-corrected chi connectivity index (χ1v) is 8.73. The number of nitrogens with two attached hydrogens (primary N) is 1. The summed E-state index contributed by atoms with van der Waals surface area (Å²) in [4.78, 5) is 16.4. The molecule has 0 spiro atoms. The van der Waals surface area contributed by atoms with Crippen molar-refractivity contribution >= 4 is 23.4 Å². The zero-order valence-corrected chi connectivity index (χ0v) is 15.3. The number of allylic oxidation sites excluding steroid dienone is 1. The number of halogens is 2. The molecule has 7 heteroatoms. The summed E-state index contributed by atoms with van der Waals surface area (Å²) < 4.78 is 27.5. The van der Waals surface area contributed by atoms with E-state index in [2.05, 4.69) is 10.3 Å². The van der Waals surface area contributed by atoms with Gasteiger partial charge in [0.15, 0.2) is 0 Å². The van der Waals surface area contributed by atoms with Crippen molar-refractivity contribution < 1.29 is 13.6 Å². The van der Waals surface area contributed by atoms with E-state index in [4.69, 9.17) is 11.1 Å². The van der Waals surface area contributed by atoms with E-state index in [0.717, 1.165) is 11.6 Å². The minimum Gasteiger partial charge on any atom is -0.398 e. The number of carbonyl (C=O) groups is 1. The van der Waals surface area contributed by atoms with Crippen LogP contribution in [-0.2, 0) is 6.54 Å². The molecule has 4 N–H and O–H groups in total. The van der Waals surface area contributed by atoms with Gasteiger partial charge >= 0.3 is 0 Å². The maximum absolute atomic E-state index is 14.3. The Balaban J connectivity index is 1.79. The number of hydrogen-bond acceptors (Lipinski definition) is 4. The zero-order valence-electron chi connectivity index (χ0n) is 15.3. The van der Waals surface area contributed by atoms with Gasteiger partial charge in [0.05, 0.1) is 11.3 Å². The van der Waals surface area contributed by atoms with Crippen LogP contribution in [0.2, 0.25) is 0 Å². The molecule has 1 amide bonds. The zero-order chi connectivity index (χ0) is 20.8. The molecule has 0 fully saturated rings. The summed E-state index contributed by atoms with van der Waals surface area (Å²) in [5.41, 5.74) is 7.13. The monoisotopic (exact) mass is 392 g/mol. The Kier molecular flexibility index (Phi) is 6.09. The highest BCUT2D eigenvalue weighted by molar-refractivity contribution is 6.13. The van der Waals surface area contributed by atoms with Gasteiger partial charge in [0.25, 0.3) is 5.91 Å². The first-order chi connectivity index (χ1) is 13.9. The van der Waals surface area contributed by atoms with Gasteiger partial charge in [-0.2, -0.15) is 0 Å². The summed E-state index contributed by atoms with van der Waals surface area (Å²) in [6.45, 7) is 0.183. The SMILES string of the molecule is N=C(/C=C/c1cccc(F)c1)c1cc(C(=O)NCc2cccnc2)c(F)cc1N. The summed E-state index contributed by atoms with van der Waals surface area (Å²) in [5.74, 6) is -1.81. The van der Waals surface area contributed by atoms with Crippen LogP contribution in [0.1, 0.15) is 27.0 Å². The number of anilines is 1. The Bertz CT molecular complexity index is 1080. The Labute approximate surface area is 166 Å². The molecule has 0 unspecified atom stereocenters. The van der Waals surface area contributed by atoms with Crippen molar-refractivity contribution in [3.05, 3.63) is 101 Å². The van der Waals surface area contributed by atoms with E-state index in [-0.39, 0.29) is 29.1 Å². The van der Waals surface area contributed by atoms with E-state index < -0.39 is 17.5 Å². The molecule has 0 radical (unpaired) electrons. The lowest BCUT2D eigenvalue weighted by Gasteiger charge is -2.10. The van der Waals surface area contributed by atoms with Crippen molar-refractivity contribution in [1.29, 1.82) is 5.41 Å². The van der Waals surface area contributed by atoms with E-state index in [1.165, 1.54) is 30.4 Å². The van der Waals surface area contributed by atoms with E-state index >= 15 is 0 Å². The molecule has 29 heavy (non-hydrogen) atoms. The van der Waals surface area contributed by atoms with Crippen molar-refractivity contribution in [2.24, 2.45) is 0 Å². The first kappa shape index (κ1) is 19.9. The fourth-order valence-electron chi connectivity index (χ4n) is 2.66. The molecule has 0 bridgehead atoms. The third kappa shape index (κ3) is 5.10. The number of pyridine rings is 1. The molecule has 5 nitrogen and oxygen atoms in total. The van der Waals surface area contributed by atoms with Gasteiger partial charge in [-0.25, -0.2) is 8.78 Å². The maximum Gasteiger partial charge on any atom is 0.254 e. The number of nitrogens with zero attached hydrogens (tertiary/aromatic N) is 1. The number of aromatic nitrogens is 1. The third-order valence-electron chi connectivity index (χ3n) is 4.14. The second-order valence-electron chi connectivity index (χ2n) is 6.27. The van der Waals surface area contributed by atoms with Crippen molar-refractivity contribution in [2.75, 3.05) is 5.73 Å². The lowest BCUT2D eigenvalue weighted by atomic mass is 10.0. The van der Waals surface area contributed by atoms with Gasteiger partial charge in [-0.05, 0) is 47.5 Å². The van der Waals surface area contributed by atoms with Crippen LogP contribution in [-0.4, -0.2) is 16.6 Å². The van der Waals surface area contributed by atoms with Gasteiger partial charge in [0, 0.05) is 30.2 Å². The molecule has 0 saturated carbocycles. The second kappa shape index (κ2) is 8.88. The predicted molar refractivity (Wildman–Crippen MR) is 108 cm³/mol. The fraction of sp³-hybridized carbons (Fsp3) is 0.0455. The molecule has 0 aliphatic carbocycles. The summed E-state index contributed by atoms with van der Waals surface area (Å²) in [7, 11) is 0. The average Bonchev–Trinajstić information content (AvgIpc) is 2.71. The van der Waals surface area contributed by atoms with Crippen molar-refractivity contribution in [1.82, 2.24) is 10.3 Å². The standard InChI is InChI=1S/C22H18F2N4O/c23-16-5-1-3-14(9-16)6-7-20(25)18-10-17(19(24)11-21(18)26)22(29)28-13-15-4-2-8-27-12-15/h1-12,25H,13,26H2,(H,28,29)/b7-6+,25-20?. The average molecular weight is 392 g/mol. The highest BCUT2D eigenvalue weighted by Gasteiger charge is 2.16.